The van der Waals surface area contributed by atoms with E-state index < -0.39 is 0 Å². The van der Waals surface area contributed by atoms with Crippen LogP contribution in [0.2, 0.25) is 0 Å². The van der Waals surface area contributed by atoms with Crippen LogP contribution >= 0.6 is 0 Å². The van der Waals surface area contributed by atoms with Crippen molar-refractivity contribution < 1.29 is 0 Å². The first-order valence-electron chi connectivity index (χ1n) is 7.90. The van der Waals surface area contributed by atoms with E-state index in [0.29, 0.717) is 0 Å². The second-order valence-electron chi connectivity index (χ2n) is 5.93. The molecule has 0 spiro atoms. The summed E-state index contributed by atoms with van der Waals surface area (Å²) in [6.45, 7) is 4.33. The third-order valence-corrected chi connectivity index (χ3v) is 4.59. The molecule has 0 aliphatic carbocycles. The fourth-order valence-corrected chi connectivity index (χ4v) is 3.30. The number of fused-ring (bicyclic) bond motifs is 1. The summed E-state index contributed by atoms with van der Waals surface area (Å²) in [7, 11) is 2.11. The molecule has 1 aliphatic rings. The van der Waals surface area contributed by atoms with E-state index >= 15 is 0 Å². The standard InChI is InChI=1S/C19H20N4/c1-14-18(16-10-6-4-7-11-16)20-19-22(15(2)21(3)23(14)19)17-12-8-5-9-13-17/h4-13,15H,1-3H3. The van der Waals surface area contributed by atoms with E-state index in [1.807, 2.05) is 12.1 Å². The van der Waals surface area contributed by atoms with Crippen molar-refractivity contribution in [3.05, 3.63) is 66.4 Å². The lowest BCUT2D eigenvalue weighted by Crippen LogP contribution is -2.39. The first-order valence-corrected chi connectivity index (χ1v) is 7.90. The van der Waals surface area contributed by atoms with Crippen LogP contribution in [0.3, 0.4) is 0 Å². The van der Waals surface area contributed by atoms with Gasteiger partial charge in [-0.15, -0.1) is 0 Å². The predicted octanol–water partition coefficient (Wildman–Crippen LogP) is 3.92. The van der Waals surface area contributed by atoms with Crippen molar-refractivity contribution in [2.75, 3.05) is 17.0 Å². The van der Waals surface area contributed by atoms with Crippen LogP contribution in [0, 0.1) is 6.92 Å². The minimum Gasteiger partial charge on any atom is -0.290 e. The van der Waals surface area contributed by atoms with Gasteiger partial charge in [-0.05, 0) is 26.0 Å². The van der Waals surface area contributed by atoms with Crippen molar-refractivity contribution in [1.82, 2.24) is 9.66 Å². The number of imidazole rings is 1. The first-order chi connectivity index (χ1) is 11.2. The van der Waals surface area contributed by atoms with Gasteiger partial charge in [0.05, 0.1) is 11.4 Å². The van der Waals surface area contributed by atoms with E-state index in [4.69, 9.17) is 4.98 Å². The highest BCUT2D eigenvalue weighted by Crippen LogP contribution is 2.37. The number of anilines is 2. The number of hydrogen-bond acceptors (Lipinski definition) is 3. The summed E-state index contributed by atoms with van der Waals surface area (Å²) in [6, 6.07) is 20.8. The van der Waals surface area contributed by atoms with E-state index in [9.17, 15) is 0 Å². The molecule has 0 saturated carbocycles. The van der Waals surface area contributed by atoms with Gasteiger partial charge in [0.2, 0.25) is 5.95 Å². The fraction of sp³-hybridized carbons (Fsp3) is 0.211. The molecule has 2 heterocycles. The van der Waals surface area contributed by atoms with E-state index in [-0.39, 0.29) is 6.17 Å². The van der Waals surface area contributed by atoms with Gasteiger partial charge in [-0.3, -0.25) is 9.91 Å². The summed E-state index contributed by atoms with van der Waals surface area (Å²) in [5.74, 6) is 0.975. The number of aromatic nitrogens is 2. The topological polar surface area (TPSA) is 24.3 Å². The monoisotopic (exact) mass is 304 g/mol. The van der Waals surface area contributed by atoms with E-state index in [1.165, 1.54) is 5.69 Å². The maximum absolute atomic E-state index is 4.97. The Morgan fingerprint density at radius 1 is 0.913 bits per heavy atom. The Kier molecular flexibility index (Phi) is 3.11. The summed E-state index contributed by atoms with van der Waals surface area (Å²) in [6.07, 6.45) is 0.225. The zero-order valence-corrected chi connectivity index (χ0v) is 13.6. The molecule has 0 radical (unpaired) electrons. The van der Waals surface area contributed by atoms with Crippen LogP contribution in [-0.4, -0.2) is 22.9 Å². The Morgan fingerprint density at radius 3 is 2.17 bits per heavy atom. The summed E-state index contributed by atoms with van der Waals surface area (Å²) in [5, 5.41) is 2.23. The fourth-order valence-electron chi connectivity index (χ4n) is 3.30. The highest BCUT2D eigenvalue weighted by Gasteiger charge is 2.35. The van der Waals surface area contributed by atoms with Gasteiger partial charge in [0, 0.05) is 18.3 Å². The SMILES string of the molecule is Cc1c(-c2ccccc2)nc2n1N(C)C(C)N2c1ccccc1. The molecule has 0 saturated heterocycles. The number of para-hydroxylation sites is 1. The molecule has 0 bridgehead atoms. The van der Waals surface area contributed by atoms with Gasteiger partial charge < -0.3 is 0 Å². The Labute approximate surface area is 136 Å². The zero-order valence-electron chi connectivity index (χ0n) is 13.6. The highest BCUT2D eigenvalue weighted by molar-refractivity contribution is 5.70. The summed E-state index contributed by atoms with van der Waals surface area (Å²) in [4.78, 5) is 7.24. The van der Waals surface area contributed by atoms with Crippen molar-refractivity contribution in [2.45, 2.75) is 20.0 Å². The van der Waals surface area contributed by atoms with Crippen molar-refractivity contribution in [2.24, 2.45) is 0 Å². The normalized spacial score (nSPS) is 16.7. The van der Waals surface area contributed by atoms with Gasteiger partial charge >= 0.3 is 0 Å². The van der Waals surface area contributed by atoms with Gasteiger partial charge in [-0.1, -0.05) is 48.5 Å². The quantitative estimate of drug-likeness (QED) is 0.717. The van der Waals surface area contributed by atoms with E-state index in [2.05, 4.69) is 84.0 Å². The first kappa shape index (κ1) is 13.9. The average Bonchev–Trinajstić information content (AvgIpc) is 3.05. The molecule has 1 atom stereocenters. The van der Waals surface area contributed by atoms with E-state index in [1.54, 1.807) is 0 Å². The minimum atomic E-state index is 0.225. The Hall–Kier alpha value is -2.75. The van der Waals surface area contributed by atoms with Crippen molar-refractivity contribution >= 4 is 11.6 Å². The smallest absolute Gasteiger partial charge is 0.231 e. The summed E-state index contributed by atoms with van der Waals surface area (Å²) < 4.78 is 2.21. The Bertz CT molecular complexity index is 823. The zero-order chi connectivity index (χ0) is 16.0. The second kappa shape index (κ2) is 5.16. The summed E-state index contributed by atoms with van der Waals surface area (Å²) in [5.41, 5.74) is 4.52. The largest absolute Gasteiger partial charge is 0.290 e. The lowest BCUT2D eigenvalue weighted by Gasteiger charge is -2.26. The number of nitrogens with zero attached hydrogens (tertiary/aromatic N) is 4. The molecule has 4 rings (SSSR count). The third-order valence-electron chi connectivity index (χ3n) is 4.59. The molecule has 4 nitrogen and oxygen atoms in total. The van der Waals surface area contributed by atoms with Crippen molar-refractivity contribution in [3.8, 4) is 11.3 Å². The molecule has 2 aromatic carbocycles. The van der Waals surface area contributed by atoms with Crippen LogP contribution in [0.1, 0.15) is 12.6 Å². The molecule has 1 unspecified atom stereocenters. The predicted molar refractivity (Wildman–Crippen MR) is 94.6 cm³/mol. The van der Waals surface area contributed by atoms with Crippen LogP contribution in [0.25, 0.3) is 11.3 Å². The molecule has 3 aromatic rings. The van der Waals surface area contributed by atoms with Crippen LogP contribution in [0.4, 0.5) is 11.6 Å². The maximum Gasteiger partial charge on any atom is 0.231 e. The molecule has 1 aromatic heterocycles. The molecule has 116 valence electrons. The highest BCUT2D eigenvalue weighted by atomic mass is 15.7. The molecular formula is C19H20N4. The third kappa shape index (κ3) is 2.02. The number of benzene rings is 2. The Balaban J connectivity index is 1.88. The molecule has 0 fully saturated rings. The molecule has 4 heteroatoms. The van der Waals surface area contributed by atoms with Crippen molar-refractivity contribution in [1.29, 1.82) is 0 Å². The van der Waals surface area contributed by atoms with Gasteiger partial charge in [-0.25, -0.2) is 9.66 Å². The van der Waals surface area contributed by atoms with Gasteiger partial charge in [0.25, 0.3) is 0 Å². The second-order valence-corrected chi connectivity index (χ2v) is 5.93. The maximum atomic E-state index is 4.97. The molecular weight excluding hydrogens is 284 g/mol. The molecule has 23 heavy (non-hydrogen) atoms. The molecule has 0 N–H and O–H groups in total. The summed E-state index contributed by atoms with van der Waals surface area (Å²) >= 11 is 0. The van der Waals surface area contributed by atoms with Gasteiger partial charge in [0.15, 0.2) is 0 Å². The van der Waals surface area contributed by atoms with Crippen LogP contribution in [-0.2, 0) is 0 Å². The number of rotatable bonds is 2. The lowest BCUT2D eigenvalue weighted by atomic mass is 10.1. The van der Waals surface area contributed by atoms with Crippen molar-refractivity contribution in [3.63, 3.8) is 0 Å². The van der Waals surface area contributed by atoms with Crippen LogP contribution in [0.15, 0.2) is 60.7 Å². The van der Waals surface area contributed by atoms with Gasteiger partial charge in [-0.2, -0.15) is 0 Å². The minimum absolute atomic E-state index is 0.225. The number of hydrogen-bond donors (Lipinski definition) is 0. The van der Waals surface area contributed by atoms with Crippen LogP contribution < -0.4 is 9.91 Å². The average molecular weight is 304 g/mol. The Morgan fingerprint density at radius 2 is 1.52 bits per heavy atom. The van der Waals surface area contributed by atoms with E-state index in [0.717, 1.165) is 22.9 Å². The lowest BCUT2D eigenvalue weighted by molar-refractivity contribution is 0.613. The van der Waals surface area contributed by atoms with Gasteiger partial charge in [0.1, 0.15) is 6.17 Å². The van der Waals surface area contributed by atoms with Crippen LogP contribution in [0.5, 0.6) is 0 Å². The molecule has 0 amide bonds. The molecule has 1 aliphatic heterocycles.